The van der Waals surface area contributed by atoms with Crippen LogP contribution in [0.15, 0.2) is 11.6 Å². The molecule has 2 N–H and O–H groups in total. The average molecular weight is 253 g/mol. The number of nitrogens with two attached hydrogens (primary N) is 1. The highest BCUT2D eigenvalue weighted by molar-refractivity contribution is 8.02. The van der Waals surface area contributed by atoms with Crippen molar-refractivity contribution in [2.45, 2.75) is 50.2 Å². The first kappa shape index (κ1) is 11.9. The van der Waals surface area contributed by atoms with Crippen molar-refractivity contribution in [2.24, 2.45) is 5.73 Å². The third kappa shape index (κ3) is 2.64. The van der Waals surface area contributed by atoms with Crippen molar-refractivity contribution in [3.8, 4) is 0 Å². The Morgan fingerprint density at radius 2 is 1.82 bits per heavy atom. The van der Waals surface area contributed by atoms with Gasteiger partial charge in [0.05, 0.1) is 5.88 Å². The Hall–Kier alpha value is -0.190. The summed E-state index contributed by atoms with van der Waals surface area (Å²) in [5.41, 5.74) is 6.00. The van der Waals surface area contributed by atoms with Crippen molar-refractivity contribution in [3.63, 3.8) is 0 Å². The van der Waals surface area contributed by atoms with Crippen molar-refractivity contribution >= 4 is 11.8 Å². The van der Waals surface area contributed by atoms with Gasteiger partial charge in [0.2, 0.25) is 0 Å². The van der Waals surface area contributed by atoms with E-state index in [0.29, 0.717) is 6.04 Å². The molecule has 0 amide bonds. The third-order valence-electron chi connectivity index (χ3n) is 4.48. The van der Waals surface area contributed by atoms with E-state index >= 15 is 0 Å². The van der Waals surface area contributed by atoms with E-state index in [4.69, 9.17) is 5.73 Å². The second kappa shape index (κ2) is 5.21. The standard InChI is InChI=1S/C13H23N3S/c14-11-5-6-15(9-11)12-1-3-13(4-2-12)16-7-8-17-10-16/h7-8,11-13H,1-6,9-10,14H2/t11-,12?,13?/m1/s1. The average Bonchev–Trinajstić information content (AvgIpc) is 3.00. The summed E-state index contributed by atoms with van der Waals surface area (Å²) in [5, 5.41) is 2.23. The van der Waals surface area contributed by atoms with Gasteiger partial charge in [-0.15, -0.1) is 11.8 Å². The van der Waals surface area contributed by atoms with Crippen LogP contribution < -0.4 is 5.73 Å². The lowest BCUT2D eigenvalue weighted by Gasteiger charge is -2.38. The van der Waals surface area contributed by atoms with Crippen molar-refractivity contribution in [1.82, 2.24) is 9.80 Å². The second-order valence-electron chi connectivity index (χ2n) is 5.60. The fraction of sp³-hybridized carbons (Fsp3) is 0.846. The molecule has 3 aliphatic rings. The van der Waals surface area contributed by atoms with Gasteiger partial charge in [0.25, 0.3) is 0 Å². The van der Waals surface area contributed by atoms with Gasteiger partial charge in [-0.25, -0.2) is 0 Å². The first-order valence-electron chi connectivity index (χ1n) is 6.86. The summed E-state index contributed by atoms with van der Waals surface area (Å²) in [5.74, 6) is 1.17. The molecule has 0 radical (unpaired) electrons. The molecule has 96 valence electrons. The maximum absolute atomic E-state index is 6.00. The fourth-order valence-electron chi connectivity index (χ4n) is 3.42. The van der Waals surface area contributed by atoms with Crippen LogP contribution in [-0.2, 0) is 0 Å². The molecule has 2 aliphatic heterocycles. The minimum Gasteiger partial charge on any atom is -0.364 e. The van der Waals surface area contributed by atoms with E-state index in [1.165, 1.54) is 44.5 Å². The maximum atomic E-state index is 6.00. The molecule has 1 aliphatic carbocycles. The predicted octanol–water partition coefficient (Wildman–Crippen LogP) is 1.81. The molecule has 17 heavy (non-hydrogen) atoms. The number of thioether (sulfide) groups is 1. The molecular formula is C13H23N3S. The summed E-state index contributed by atoms with van der Waals surface area (Å²) in [6.45, 7) is 2.37. The Morgan fingerprint density at radius 3 is 2.41 bits per heavy atom. The Morgan fingerprint density at radius 1 is 1.06 bits per heavy atom. The van der Waals surface area contributed by atoms with Crippen LogP contribution in [-0.4, -0.2) is 46.9 Å². The van der Waals surface area contributed by atoms with E-state index in [0.717, 1.165) is 18.6 Å². The molecule has 1 saturated heterocycles. The number of hydrogen-bond acceptors (Lipinski definition) is 4. The minimum atomic E-state index is 0.436. The van der Waals surface area contributed by atoms with Gasteiger partial charge in [0, 0.05) is 37.4 Å². The summed E-state index contributed by atoms with van der Waals surface area (Å²) in [6.07, 6.45) is 8.94. The number of hydrogen-bond donors (Lipinski definition) is 1. The molecule has 0 bridgehead atoms. The van der Waals surface area contributed by atoms with Crippen LogP contribution in [0.4, 0.5) is 0 Å². The largest absolute Gasteiger partial charge is 0.364 e. The molecule has 1 atom stereocenters. The molecule has 3 rings (SSSR count). The summed E-state index contributed by atoms with van der Waals surface area (Å²) >= 11 is 1.92. The van der Waals surface area contributed by atoms with Crippen LogP contribution in [0.25, 0.3) is 0 Å². The van der Waals surface area contributed by atoms with Gasteiger partial charge in [-0.1, -0.05) is 0 Å². The summed E-state index contributed by atoms with van der Waals surface area (Å²) in [4.78, 5) is 5.16. The maximum Gasteiger partial charge on any atom is 0.0678 e. The van der Waals surface area contributed by atoms with Gasteiger partial charge < -0.3 is 10.6 Å². The number of rotatable bonds is 2. The van der Waals surface area contributed by atoms with Gasteiger partial charge >= 0.3 is 0 Å². The second-order valence-corrected chi connectivity index (χ2v) is 6.46. The van der Waals surface area contributed by atoms with Crippen molar-refractivity contribution < 1.29 is 0 Å². The molecule has 2 heterocycles. The van der Waals surface area contributed by atoms with E-state index in [-0.39, 0.29) is 0 Å². The molecular weight excluding hydrogens is 230 g/mol. The Labute approximate surface area is 108 Å². The van der Waals surface area contributed by atoms with Gasteiger partial charge in [-0.2, -0.15) is 0 Å². The zero-order valence-electron chi connectivity index (χ0n) is 10.4. The monoisotopic (exact) mass is 253 g/mol. The quantitative estimate of drug-likeness (QED) is 0.813. The summed E-state index contributed by atoms with van der Waals surface area (Å²) in [6, 6.07) is 2.05. The fourth-order valence-corrected chi connectivity index (χ4v) is 4.22. The van der Waals surface area contributed by atoms with Crippen molar-refractivity contribution in [1.29, 1.82) is 0 Å². The van der Waals surface area contributed by atoms with Crippen LogP contribution in [0.2, 0.25) is 0 Å². The lowest BCUT2D eigenvalue weighted by molar-refractivity contribution is 0.143. The highest BCUT2D eigenvalue weighted by Gasteiger charge is 2.31. The molecule has 1 saturated carbocycles. The molecule has 4 heteroatoms. The lowest BCUT2D eigenvalue weighted by Crippen LogP contribution is -2.42. The SMILES string of the molecule is N[C@@H]1CCN(C2CCC(N3C=CSC3)CC2)C1. The van der Waals surface area contributed by atoms with Crippen LogP contribution in [0.1, 0.15) is 32.1 Å². The zero-order valence-corrected chi connectivity index (χ0v) is 11.2. The Bertz CT molecular complexity index is 286. The highest BCUT2D eigenvalue weighted by Crippen LogP contribution is 2.31. The summed E-state index contributed by atoms with van der Waals surface area (Å²) < 4.78 is 0. The van der Waals surface area contributed by atoms with Crippen molar-refractivity contribution in [2.75, 3.05) is 19.0 Å². The Kier molecular flexibility index (Phi) is 3.64. The first-order valence-corrected chi connectivity index (χ1v) is 7.91. The van der Waals surface area contributed by atoms with Crippen LogP contribution in [0.5, 0.6) is 0 Å². The van der Waals surface area contributed by atoms with Crippen LogP contribution >= 0.6 is 11.8 Å². The van der Waals surface area contributed by atoms with Gasteiger partial charge in [-0.05, 0) is 37.5 Å². The Balaban J connectivity index is 1.48. The van der Waals surface area contributed by atoms with E-state index < -0.39 is 0 Å². The topological polar surface area (TPSA) is 32.5 Å². The van der Waals surface area contributed by atoms with Crippen molar-refractivity contribution in [3.05, 3.63) is 11.6 Å². The zero-order chi connectivity index (χ0) is 11.7. The highest BCUT2D eigenvalue weighted by atomic mass is 32.2. The first-order chi connectivity index (χ1) is 8.33. The van der Waals surface area contributed by atoms with E-state index in [9.17, 15) is 0 Å². The molecule has 0 aromatic rings. The van der Waals surface area contributed by atoms with E-state index in [2.05, 4.69) is 21.4 Å². The molecule has 0 unspecified atom stereocenters. The van der Waals surface area contributed by atoms with Crippen LogP contribution in [0, 0.1) is 0 Å². The lowest BCUT2D eigenvalue weighted by atomic mass is 9.89. The molecule has 2 fully saturated rings. The van der Waals surface area contributed by atoms with E-state index in [1.54, 1.807) is 0 Å². The molecule has 0 aromatic heterocycles. The predicted molar refractivity (Wildman–Crippen MR) is 73.6 cm³/mol. The number of likely N-dealkylation sites (tertiary alicyclic amines) is 1. The molecule has 0 aromatic carbocycles. The van der Waals surface area contributed by atoms with E-state index in [1.807, 2.05) is 11.8 Å². The van der Waals surface area contributed by atoms with Gasteiger partial charge in [-0.3, -0.25) is 4.90 Å². The molecule has 3 nitrogen and oxygen atoms in total. The normalized spacial score (nSPS) is 39.1. The smallest absolute Gasteiger partial charge is 0.0678 e. The van der Waals surface area contributed by atoms with Gasteiger partial charge in [0.1, 0.15) is 0 Å². The minimum absolute atomic E-state index is 0.436. The number of nitrogens with zero attached hydrogens (tertiary/aromatic N) is 2. The van der Waals surface area contributed by atoms with Crippen LogP contribution in [0.3, 0.4) is 0 Å². The van der Waals surface area contributed by atoms with Gasteiger partial charge in [0.15, 0.2) is 0 Å². The third-order valence-corrected chi connectivity index (χ3v) is 5.24. The molecule has 0 spiro atoms. The summed E-state index contributed by atoms with van der Waals surface area (Å²) in [7, 11) is 0.